The van der Waals surface area contributed by atoms with Crippen LogP contribution in [0.15, 0.2) is 48.7 Å². The molecule has 0 radical (unpaired) electrons. The summed E-state index contributed by atoms with van der Waals surface area (Å²) in [5.41, 5.74) is 9.51. The lowest BCUT2D eigenvalue weighted by molar-refractivity contribution is -0.643. The van der Waals surface area contributed by atoms with Crippen LogP contribution < -0.4 is 4.57 Å². The average molecular weight is 417 g/mol. The van der Waals surface area contributed by atoms with E-state index in [1.807, 2.05) is 12.1 Å². The zero-order chi connectivity index (χ0) is 22.3. The van der Waals surface area contributed by atoms with Gasteiger partial charge in [-0.2, -0.15) is 5.26 Å². The van der Waals surface area contributed by atoms with E-state index in [1.165, 1.54) is 54.8 Å². The predicted octanol–water partition coefficient (Wildman–Crippen LogP) is 6.50. The summed E-state index contributed by atoms with van der Waals surface area (Å²) in [6.45, 7) is 8.96. The van der Waals surface area contributed by atoms with E-state index >= 15 is 0 Å². The normalized spacial score (nSPS) is 12.3. The first kappa shape index (κ1) is 19.1. The molecular weight excluding hydrogens is 390 g/mol. The lowest BCUT2D eigenvalue weighted by Crippen LogP contribution is -2.29. The number of nitrogens with zero attached hydrogens (tertiary/aromatic N) is 3. The van der Waals surface area contributed by atoms with Crippen LogP contribution in [-0.4, -0.2) is 4.40 Å². The highest BCUT2D eigenvalue weighted by molar-refractivity contribution is 6.26. The van der Waals surface area contributed by atoms with Crippen LogP contribution in [0.25, 0.3) is 49.0 Å². The number of benzene rings is 3. The molecule has 0 atom stereocenters. The summed E-state index contributed by atoms with van der Waals surface area (Å²) < 4.78 is 4.69. The molecule has 6 aromatic rings. The topological polar surface area (TPSA) is 32.1 Å². The van der Waals surface area contributed by atoms with Gasteiger partial charge in [-0.15, -0.1) is 0 Å². The molecule has 3 nitrogen and oxygen atoms in total. The first-order valence-corrected chi connectivity index (χ1v) is 11.3. The van der Waals surface area contributed by atoms with E-state index in [9.17, 15) is 5.26 Å². The molecule has 32 heavy (non-hydrogen) atoms. The van der Waals surface area contributed by atoms with Crippen LogP contribution in [0.3, 0.4) is 0 Å². The highest BCUT2D eigenvalue weighted by Gasteiger charge is 2.25. The molecule has 0 saturated heterocycles. The maximum Gasteiger partial charge on any atom is 0.224 e. The molecule has 0 unspecified atom stereocenters. The van der Waals surface area contributed by atoms with Gasteiger partial charge < -0.3 is 4.40 Å². The number of fused-ring (bicyclic) bond motifs is 5. The van der Waals surface area contributed by atoms with Crippen molar-refractivity contribution in [2.75, 3.05) is 0 Å². The third-order valence-corrected chi connectivity index (χ3v) is 7.11. The molecule has 0 saturated carbocycles. The van der Waals surface area contributed by atoms with E-state index in [2.05, 4.69) is 86.3 Å². The van der Waals surface area contributed by atoms with Crippen molar-refractivity contribution in [3.05, 3.63) is 70.9 Å². The monoisotopic (exact) mass is 416 g/mol. The van der Waals surface area contributed by atoms with Gasteiger partial charge in [-0.25, -0.2) is 4.57 Å². The summed E-state index contributed by atoms with van der Waals surface area (Å²) in [6, 6.07) is 17.8. The minimum absolute atomic E-state index is 0.589. The Balaban J connectivity index is 2.04. The molecule has 6 rings (SSSR count). The fourth-order valence-corrected chi connectivity index (χ4v) is 5.70. The van der Waals surface area contributed by atoms with E-state index in [4.69, 9.17) is 0 Å². The number of pyridine rings is 2. The van der Waals surface area contributed by atoms with Crippen LogP contribution in [0, 0.1) is 31.1 Å². The van der Waals surface area contributed by atoms with Crippen molar-refractivity contribution in [2.45, 2.75) is 34.1 Å². The van der Waals surface area contributed by atoms with Crippen LogP contribution in [-0.2, 0) is 13.5 Å². The molecule has 0 N–H and O–H groups in total. The second-order valence-electron chi connectivity index (χ2n) is 9.69. The maximum absolute atomic E-state index is 9.94. The second-order valence-corrected chi connectivity index (χ2v) is 9.69. The number of hydrogen-bond acceptors (Lipinski definition) is 1. The third kappa shape index (κ3) is 2.33. The first-order chi connectivity index (χ1) is 15.4. The van der Waals surface area contributed by atoms with Gasteiger partial charge in [0.1, 0.15) is 7.05 Å². The molecule has 3 aromatic carbocycles. The summed E-state index contributed by atoms with van der Waals surface area (Å²) in [5.74, 6) is 0.589. The number of rotatable bonds is 2. The molecule has 0 spiro atoms. The summed E-state index contributed by atoms with van der Waals surface area (Å²) >= 11 is 0. The SMILES string of the molecule is Cc1cc2c3c(C#N)cccc3n3c4cc(CC(C)C)cc5cc[n+](C)c(c(c1C)c23)c54. The van der Waals surface area contributed by atoms with Crippen molar-refractivity contribution in [1.29, 1.82) is 5.26 Å². The Kier molecular flexibility index (Phi) is 3.84. The van der Waals surface area contributed by atoms with E-state index in [1.54, 1.807) is 0 Å². The molecule has 0 fully saturated rings. The standard InChI is InChI=1S/C29H26N3/c1-16(2)11-19-13-20-9-10-31(5)29-25-18(4)17(3)12-22-26-21(15-30)7-6-8-23(26)32(28(22)25)24(14-19)27(20)29/h6-10,12-14,16H,11H2,1-5H3/q+1. The minimum atomic E-state index is 0.589. The number of hydrogen-bond donors (Lipinski definition) is 0. The van der Waals surface area contributed by atoms with Gasteiger partial charge in [0, 0.05) is 16.8 Å². The molecule has 0 bridgehead atoms. The molecule has 3 heterocycles. The zero-order valence-electron chi connectivity index (χ0n) is 19.2. The summed E-state index contributed by atoms with van der Waals surface area (Å²) in [6.07, 6.45) is 3.23. The summed E-state index contributed by atoms with van der Waals surface area (Å²) in [5, 5.41) is 16.0. The molecule has 0 aliphatic carbocycles. The van der Waals surface area contributed by atoms with Crippen molar-refractivity contribution >= 4 is 49.0 Å². The lowest BCUT2D eigenvalue weighted by Gasteiger charge is -2.15. The molecule has 3 heteroatoms. The highest BCUT2D eigenvalue weighted by Crippen LogP contribution is 2.42. The van der Waals surface area contributed by atoms with Crippen molar-refractivity contribution in [3.63, 3.8) is 0 Å². The van der Waals surface area contributed by atoms with Gasteiger partial charge >= 0.3 is 0 Å². The van der Waals surface area contributed by atoms with E-state index < -0.39 is 0 Å². The summed E-state index contributed by atoms with van der Waals surface area (Å²) in [7, 11) is 2.15. The third-order valence-electron chi connectivity index (χ3n) is 7.11. The van der Waals surface area contributed by atoms with Crippen molar-refractivity contribution in [3.8, 4) is 6.07 Å². The Morgan fingerprint density at radius 2 is 1.81 bits per heavy atom. The fraction of sp³-hybridized carbons (Fsp3) is 0.241. The van der Waals surface area contributed by atoms with Gasteiger partial charge in [0.25, 0.3) is 0 Å². The van der Waals surface area contributed by atoms with Gasteiger partial charge in [-0.3, -0.25) is 0 Å². The predicted molar refractivity (Wildman–Crippen MR) is 133 cm³/mol. The zero-order valence-corrected chi connectivity index (χ0v) is 19.2. The first-order valence-electron chi connectivity index (χ1n) is 11.3. The van der Waals surface area contributed by atoms with Crippen molar-refractivity contribution in [2.24, 2.45) is 13.0 Å². The number of aryl methyl sites for hydroxylation is 3. The fourth-order valence-electron chi connectivity index (χ4n) is 5.70. The molecular formula is C29H26N3+. The number of aromatic nitrogens is 2. The molecule has 0 aliphatic heterocycles. The second kappa shape index (κ2) is 6.43. The van der Waals surface area contributed by atoms with Gasteiger partial charge in [0.2, 0.25) is 5.52 Å². The summed E-state index contributed by atoms with van der Waals surface area (Å²) in [4.78, 5) is 0. The molecule has 0 amide bonds. The Morgan fingerprint density at radius 3 is 2.56 bits per heavy atom. The van der Waals surface area contributed by atoms with Crippen LogP contribution in [0.2, 0.25) is 0 Å². The largest absolute Gasteiger partial charge is 0.307 e. The Hall–Kier alpha value is -3.64. The quantitative estimate of drug-likeness (QED) is 0.180. The van der Waals surface area contributed by atoms with Crippen LogP contribution in [0.1, 0.15) is 36.1 Å². The molecule has 0 aliphatic rings. The number of nitriles is 1. The van der Waals surface area contributed by atoms with E-state index in [0.717, 1.165) is 22.9 Å². The maximum atomic E-state index is 9.94. The van der Waals surface area contributed by atoms with Crippen LogP contribution in [0.4, 0.5) is 0 Å². The lowest BCUT2D eigenvalue weighted by atomic mass is 9.94. The van der Waals surface area contributed by atoms with Gasteiger partial charge in [-0.05, 0) is 72.5 Å². The Bertz CT molecular complexity index is 1760. The van der Waals surface area contributed by atoms with Crippen molar-refractivity contribution < 1.29 is 4.57 Å². The smallest absolute Gasteiger partial charge is 0.224 e. The van der Waals surface area contributed by atoms with Gasteiger partial charge in [0.15, 0.2) is 6.20 Å². The van der Waals surface area contributed by atoms with Crippen LogP contribution in [0.5, 0.6) is 0 Å². The van der Waals surface area contributed by atoms with E-state index in [-0.39, 0.29) is 0 Å². The van der Waals surface area contributed by atoms with Crippen LogP contribution >= 0.6 is 0 Å². The van der Waals surface area contributed by atoms with Gasteiger partial charge in [-0.1, -0.05) is 26.0 Å². The molecule has 3 aromatic heterocycles. The van der Waals surface area contributed by atoms with Crippen molar-refractivity contribution in [1.82, 2.24) is 4.40 Å². The average Bonchev–Trinajstić information content (AvgIpc) is 3.09. The van der Waals surface area contributed by atoms with Gasteiger partial charge in [0.05, 0.1) is 39.0 Å². The van der Waals surface area contributed by atoms with E-state index in [0.29, 0.717) is 5.92 Å². The highest BCUT2D eigenvalue weighted by atomic mass is 15.0. The minimum Gasteiger partial charge on any atom is -0.307 e. The Morgan fingerprint density at radius 1 is 1.00 bits per heavy atom. The Labute approximate surface area is 187 Å². The molecule has 156 valence electrons.